The lowest BCUT2D eigenvalue weighted by molar-refractivity contribution is 0.102. The van der Waals surface area contributed by atoms with Gasteiger partial charge in [0.15, 0.2) is 0 Å². The summed E-state index contributed by atoms with van der Waals surface area (Å²) in [7, 11) is 0. The van der Waals surface area contributed by atoms with Crippen molar-refractivity contribution >= 4 is 33.4 Å². The molecule has 1 aliphatic rings. The molecule has 0 aliphatic heterocycles. The standard InChI is InChI=1S/C22H19N3O2/c26-21-17-7-2-1-5-14(17)16-10-9-13(11-20(16)25-21)24-22(27)18-12-23-19-8-4-3-6-15(18)19/h3-4,6,8-12,23H,1-2,5,7H2,(H,24,27)(H,25,26). The molecule has 27 heavy (non-hydrogen) atoms. The van der Waals surface area contributed by atoms with Crippen molar-refractivity contribution in [2.75, 3.05) is 5.32 Å². The molecule has 2 heterocycles. The van der Waals surface area contributed by atoms with Crippen molar-refractivity contribution in [3.05, 3.63) is 75.7 Å². The van der Waals surface area contributed by atoms with Gasteiger partial charge in [-0.3, -0.25) is 9.59 Å². The Hall–Kier alpha value is -3.34. The SMILES string of the molecule is O=C(Nc1ccc2c3c(c(=O)[nH]c2c1)CCCC3)c1c[nH]c2ccccc12. The fraction of sp³-hybridized carbons (Fsp3) is 0.182. The van der Waals surface area contributed by atoms with E-state index >= 15 is 0 Å². The quantitative estimate of drug-likeness (QED) is 0.504. The van der Waals surface area contributed by atoms with Crippen molar-refractivity contribution in [3.63, 3.8) is 0 Å². The fourth-order valence-electron chi connectivity index (χ4n) is 4.10. The summed E-state index contributed by atoms with van der Waals surface area (Å²) in [6, 6.07) is 13.5. The van der Waals surface area contributed by atoms with Crippen LogP contribution in [0.2, 0.25) is 0 Å². The normalized spacial score (nSPS) is 13.6. The Morgan fingerprint density at radius 3 is 2.63 bits per heavy atom. The zero-order valence-electron chi connectivity index (χ0n) is 14.8. The summed E-state index contributed by atoms with van der Waals surface area (Å²) in [6.45, 7) is 0. The predicted octanol–water partition coefficient (Wildman–Crippen LogP) is 4.14. The molecule has 3 N–H and O–H groups in total. The first-order valence-corrected chi connectivity index (χ1v) is 9.26. The molecule has 5 nitrogen and oxygen atoms in total. The molecule has 0 atom stereocenters. The van der Waals surface area contributed by atoms with Crippen LogP contribution < -0.4 is 10.9 Å². The van der Waals surface area contributed by atoms with Gasteiger partial charge in [-0.15, -0.1) is 0 Å². The summed E-state index contributed by atoms with van der Waals surface area (Å²) in [5, 5.41) is 4.91. The first-order valence-electron chi connectivity index (χ1n) is 9.26. The second kappa shape index (κ2) is 6.13. The Morgan fingerprint density at radius 1 is 0.926 bits per heavy atom. The highest BCUT2D eigenvalue weighted by atomic mass is 16.1. The Morgan fingerprint density at radius 2 is 1.74 bits per heavy atom. The maximum Gasteiger partial charge on any atom is 0.257 e. The van der Waals surface area contributed by atoms with Gasteiger partial charge in [0.1, 0.15) is 0 Å². The number of carbonyl (C=O) groups is 1. The van der Waals surface area contributed by atoms with Crippen LogP contribution in [0, 0.1) is 0 Å². The largest absolute Gasteiger partial charge is 0.360 e. The van der Waals surface area contributed by atoms with E-state index in [1.54, 1.807) is 6.20 Å². The number of rotatable bonds is 2. The van der Waals surface area contributed by atoms with Crippen LogP contribution in [-0.4, -0.2) is 15.9 Å². The summed E-state index contributed by atoms with van der Waals surface area (Å²) < 4.78 is 0. The molecule has 5 heteroatoms. The molecular formula is C22H19N3O2. The lowest BCUT2D eigenvalue weighted by Crippen LogP contribution is -2.19. The molecule has 134 valence electrons. The van der Waals surface area contributed by atoms with Gasteiger partial charge >= 0.3 is 0 Å². The third-order valence-electron chi connectivity index (χ3n) is 5.43. The molecule has 0 fully saturated rings. The Bertz CT molecular complexity index is 1250. The molecule has 0 bridgehead atoms. The van der Waals surface area contributed by atoms with Crippen LogP contribution in [0.4, 0.5) is 5.69 Å². The molecule has 4 aromatic rings. The van der Waals surface area contributed by atoms with E-state index in [0.29, 0.717) is 11.3 Å². The van der Waals surface area contributed by atoms with Gasteiger partial charge in [-0.2, -0.15) is 0 Å². The summed E-state index contributed by atoms with van der Waals surface area (Å²) >= 11 is 0. The van der Waals surface area contributed by atoms with Crippen molar-refractivity contribution in [2.24, 2.45) is 0 Å². The van der Waals surface area contributed by atoms with E-state index in [9.17, 15) is 9.59 Å². The van der Waals surface area contributed by atoms with Gasteiger partial charge in [-0.05, 0) is 49.4 Å². The van der Waals surface area contributed by atoms with Gasteiger partial charge < -0.3 is 15.3 Å². The average molecular weight is 357 g/mol. The Kier molecular flexibility index (Phi) is 3.60. The molecule has 0 saturated carbocycles. The van der Waals surface area contributed by atoms with Crippen LogP contribution in [0.25, 0.3) is 21.8 Å². The molecule has 0 saturated heterocycles. The van der Waals surface area contributed by atoms with Crippen molar-refractivity contribution in [1.29, 1.82) is 0 Å². The molecule has 0 unspecified atom stereocenters. The van der Waals surface area contributed by atoms with Crippen LogP contribution in [0.15, 0.2) is 53.5 Å². The minimum Gasteiger partial charge on any atom is -0.360 e. The lowest BCUT2D eigenvalue weighted by atomic mass is 9.90. The number of benzene rings is 2. The monoisotopic (exact) mass is 357 g/mol. The van der Waals surface area contributed by atoms with Crippen molar-refractivity contribution < 1.29 is 4.79 Å². The fourth-order valence-corrected chi connectivity index (χ4v) is 4.10. The molecular weight excluding hydrogens is 338 g/mol. The molecule has 2 aromatic carbocycles. The van der Waals surface area contributed by atoms with Crippen molar-refractivity contribution in [3.8, 4) is 0 Å². The van der Waals surface area contributed by atoms with Gasteiger partial charge in [0.25, 0.3) is 11.5 Å². The van der Waals surface area contributed by atoms with Crippen molar-refractivity contribution in [1.82, 2.24) is 9.97 Å². The summed E-state index contributed by atoms with van der Waals surface area (Å²) in [4.78, 5) is 31.2. The number of hydrogen-bond donors (Lipinski definition) is 3. The number of nitrogens with one attached hydrogen (secondary N) is 3. The van der Waals surface area contributed by atoms with E-state index in [-0.39, 0.29) is 11.5 Å². The van der Waals surface area contributed by atoms with Crippen LogP contribution in [0.5, 0.6) is 0 Å². The maximum absolute atomic E-state index is 12.7. The van der Waals surface area contributed by atoms with E-state index in [1.165, 1.54) is 0 Å². The predicted molar refractivity (Wildman–Crippen MR) is 107 cm³/mol. The highest BCUT2D eigenvalue weighted by molar-refractivity contribution is 6.13. The smallest absolute Gasteiger partial charge is 0.257 e. The number of aryl methyl sites for hydroxylation is 1. The summed E-state index contributed by atoms with van der Waals surface area (Å²) in [5.41, 5.74) is 5.06. The summed E-state index contributed by atoms with van der Waals surface area (Å²) in [5.74, 6) is -0.174. The van der Waals surface area contributed by atoms with E-state index < -0.39 is 0 Å². The molecule has 5 rings (SSSR count). The van der Waals surface area contributed by atoms with E-state index in [0.717, 1.165) is 58.6 Å². The number of amides is 1. The number of fused-ring (bicyclic) bond motifs is 4. The van der Waals surface area contributed by atoms with Crippen LogP contribution in [0.3, 0.4) is 0 Å². The number of hydrogen-bond acceptors (Lipinski definition) is 2. The first kappa shape index (κ1) is 15.9. The number of aromatic nitrogens is 2. The second-order valence-corrected chi connectivity index (χ2v) is 7.08. The number of aromatic amines is 2. The minimum absolute atomic E-state index is 0.00250. The van der Waals surface area contributed by atoms with Crippen LogP contribution in [-0.2, 0) is 12.8 Å². The van der Waals surface area contributed by atoms with E-state index in [2.05, 4.69) is 15.3 Å². The number of H-pyrrole nitrogens is 2. The minimum atomic E-state index is -0.174. The highest BCUT2D eigenvalue weighted by Crippen LogP contribution is 2.27. The second-order valence-electron chi connectivity index (χ2n) is 7.08. The molecule has 0 spiro atoms. The number of para-hydroxylation sites is 1. The molecule has 1 aliphatic carbocycles. The molecule has 1 amide bonds. The Labute approximate surface area is 155 Å². The van der Waals surface area contributed by atoms with Gasteiger partial charge in [0.2, 0.25) is 0 Å². The van der Waals surface area contributed by atoms with Crippen LogP contribution >= 0.6 is 0 Å². The van der Waals surface area contributed by atoms with Crippen molar-refractivity contribution in [2.45, 2.75) is 25.7 Å². The van der Waals surface area contributed by atoms with Gasteiger partial charge in [-0.1, -0.05) is 24.3 Å². The van der Waals surface area contributed by atoms with E-state index in [1.807, 2.05) is 42.5 Å². The first-order chi connectivity index (χ1) is 13.2. The number of carbonyl (C=O) groups excluding carboxylic acids is 1. The lowest BCUT2D eigenvalue weighted by Gasteiger charge is -2.17. The third-order valence-corrected chi connectivity index (χ3v) is 5.43. The average Bonchev–Trinajstić information content (AvgIpc) is 3.12. The zero-order chi connectivity index (χ0) is 18.4. The van der Waals surface area contributed by atoms with Gasteiger partial charge in [0.05, 0.1) is 11.1 Å². The van der Waals surface area contributed by atoms with Crippen LogP contribution in [0.1, 0.15) is 34.3 Å². The molecule has 0 radical (unpaired) electrons. The van der Waals surface area contributed by atoms with E-state index in [4.69, 9.17) is 0 Å². The van der Waals surface area contributed by atoms with Gasteiger partial charge in [0, 0.05) is 33.7 Å². The zero-order valence-corrected chi connectivity index (χ0v) is 14.8. The topological polar surface area (TPSA) is 77.8 Å². The number of anilines is 1. The summed E-state index contributed by atoms with van der Waals surface area (Å²) in [6.07, 6.45) is 5.70. The Balaban J connectivity index is 1.52. The third kappa shape index (κ3) is 2.63. The molecule has 2 aromatic heterocycles. The number of pyridine rings is 1. The highest BCUT2D eigenvalue weighted by Gasteiger charge is 2.17. The maximum atomic E-state index is 12.7. The van der Waals surface area contributed by atoms with Gasteiger partial charge in [-0.25, -0.2) is 0 Å².